The molecule has 0 unspecified atom stereocenters. The quantitative estimate of drug-likeness (QED) is 0.799. The minimum atomic E-state index is -0.149. The fraction of sp³-hybridized carbons (Fsp3) is 0.467. The van der Waals surface area contributed by atoms with Crippen molar-refractivity contribution in [2.45, 2.75) is 31.2 Å². The minimum Gasteiger partial charge on any atom is -0.455 e. The van der Waals surface area contributed by atoms with E-state index < -0.39 is 0 Å². The van der Waals surface area contributed by atoms with Gasteiger partial charge in [-0.1, -0.05) is 25.6 Å². The monoisotopic (exact) mass is 307 g/mol. The molecule has 0 aromatic carbocycles. The molecule has 0 aliphatic heterocycles. The van der Waals surface area contributed by atoms with Crippen molar-refractivity contribution in [2.24, 2.45) is 13.0 Å². The number of rotatable bonds is 7. The van der Waals surface area contributed by atoms with Crippen LogP contribution < -0.4 is 5.32 Å². The number of furan rings is 1. The first-order valence-corrected chi connectivity index (χ1v) is 8.02. The van der Waals surface area contributed by atoms with Gasteiger partial charge in [-0.2, -0.15) is 0 Å². The molecule has 0 spiro atoms. The lowest BCUT2D eigenvalue weighted by atomic mass is 10.1. The van der Waals surface area contributed by atoms with Crippen LogP contribution in [0.1, 0.15) is 36.6 Å². The summed E-state index contributed by atoms with van der Waals surface area (Å²) in [5.74, 6) is 2.23. The van der Waals surface area contributed by atoms with Gasteiger partial charge in [0.15, 0.2) is 10.9 Å². The summed E-state index contributed by atoms with van der Waals surface area (Å²) in [6.07, 6.45) is 4.63. The van der Waals surface area contributed by atoms with Crippen LogP contribution in [0.5, 0.6) is 0 Å². The molecule has 5 nitrogen and oxygen atoms in total. The van der Waals surface area contributed by atoms with Gasteiger partial charge in [-0.15, -0.1) is 0 Å². The third-order valence-corrected chi connectivity index (χ3v) is 4.09. The molecule has 21 heavy (non-hydrogen) atoms. The first-order chi connectivity index (χ1) is 10.1. The normalized spacial score (nSPS) is 11.0. The van der Waals surface area contributed by atoms with Crippen molar-refractivity contribution in [1.82, 2.24) is 14.9 Å². The van der Waals surface area contributed by atoms with Crippen LogP contribution in [0.4, 0.5) is 0 Å². The van der Waals surface area contributed by atoms with Gasteiger partial charge in [-0.05, 0) is 24.5 Å². The highest BCUT2D eigenvalue weighted by atomic mass is 32.2. The highest BCUT2D eigenvalue weighted by molar-refractivity contribution is 7.98. The molecule has 0 saturated carbocycles. The number of carbonyl (C=O) groups excluding carboxylic acids is 1. The van der Waals surface area contributed by atoms with Crippen LogP contribution in [0.3, 0.4) is 0 Å². The number of amides is 1. The van der Waals surface area contributed by atoms with Crippen LogP contribution >= 0.6 is 11.8 Å². The predicted octanol–water partition coefficient (Wildman–Crippen LogP) is 3.08. The Kier molecular flexibility index (Phi) is 5.50. The Morgan fingerprint density at radius 1 is 1.48 bits per heavy atom. The molecule has 0 bridgehead atoms. The highest BCUT2D eigenvalue weighted by Gasteiger charge is 2.11. The zero-order valence-electron chi connectivity index (χ0n) is 12.6. The van der Waals surface area contributed by atoms with Crippen LogP contribution in [0, 0.1) is 5.92 Å². The molecule has 114 valence electrons. The van der Waals surface area contributed by atoms with Crippen molar-refractivity contribution in [2.75, 3.05) is 6.54 Å². The summed E-state index contributed by atoms with van der Waals surface area (Å²) >= 11 is 1.58. The van der Waals surface area contributed by atoms with E-state index in [1.807, 2.05) is 23.9 Å². The number of thioether (sulfide) groups is 1. The second-order valence-electron chi connectivity index (χ2n) is 5.31. The molecule has 6 heteroatoms. The largest absolute Gasteiger partial charge is 0.455 e. The number of hydrogen-bond donors (Lipinski definition) is 1. The number of nitrogens with zero attached hydrogens (tertiary/aromatic N) is 2. The number of carbonyl (C=O) groups is 1. The van der Waals surface area contributed by atoms with E-state index in [1.54, 1.807) is 24.0 Å². The molecule has 0 aliphatic rings. The van der Waals surface area contributed by atoms with Gasteiger partial charge in [0.1, 0.15) is 5.76 Å². The maximum Gasteiger partial charge on any atom is 0.286 e. The lowest BCUT2D eigenvalue weighted by Crippen LogP contribution is -2.24. The molecule has 2 heterocycles. The smallest absolute Gasteiger partial charge is 0.286 e. The van der Waals surface area contributed by atoms with Gasteiger partial charge < -0.3 is 14.3 Å². The summed E-state index contributed by atoms with van der Waals surface area (Å²) in [6, 6.07) is 3.56. The maximum absolute atomic E-state index is 11.9. The van der Waals surface area contributed by atoms with E-state index in [0.29, 0.717) is 24.0 Å². The molecule has 1 amide bonds. The fourth-order valence-electron chi connectivity index (χ4n) is 1.77. The molecule has 1 N–H and O–H groups in total. The van der Waals surface area contributed by atoms with E-state index >= 15 is 0 Å². The lowest BCUT2D eigenvalue weighted by Gasteiger charge is -2.05. The summed E-state index contributed by atoms with van der Waals surface area (Å²) in [5, 5.41) is 3.79. The van der Waals surface area contributed by atoms with Gasteiger partial charge in [0.25, 0.3) is 5.91 Å². The fourth-order valence-corrected chi connectivity index (χ4v) is 2.59. The van der Waals surface area contributed by atoms with Crippen LogP contribution in [0.2, 0.25) is 0 Å². The second-order valence-corrected chi connectivity index (χ2v) is 6.26. The molecule has 0 aliphatic carbocycles. The van der Waals surface area contributed by atoms with E-state index in [1.165, 1.54) is 0 Å². The molecule has 0 saturated heterocycles. The second kappa shape index (κ2) is 7.36. The first-order valence-electron chi connectivity index (χ1n) is 7.03. The van der Waals surface area contributed by atoms with Gasteiger partial charge in [0.05, 0.1) is 5.75 Å². The number of nitrogens with one attached hydrogen (secondary N) is 1. The van der Waals surface area contributed by atoms with Crippen molar-refractivity contribution in [3.63, 3.8) is 0 Å². The third kappa shape index (κ3) is 4.67. The van der Waals surface area contributed by atoms with Crippen molar-refractivity contribution in [1.29, 1.82) is 0 Å². The van der Waals surface area contributed by atoms with E-state index in [0.717, 1.165) is 17.3 Å². The zero-order chi connectivity index (χ0) is 15.2. The average molecular weight is 307 g/mol. The van der Waals surface area contributed by atoms with Crippen LogP contribution in [0.25, 0.3) is 0 Å². The van der Waals surface area contributed by atoms with Gasteiger partial charge in [0, 0.05) is 26.0 Å². The Hall–Kier alpha value is -1.69. The molecule has 0 atom stereocenters. The molecular weight excluding hydrogens is 286 g/mol. The summed E-state index contributed by atoms with van der Waals surface area (Å²) in [6.45, 7) is 4.94. The first kappa shape index (κ1) is 15.7. The summed E-state index contributed by atoms with van der Waals surface area (Å²) in [7, 11) is 1.95. The number of aromatic nitrogens is 2. The molecule has 0 radical (unpaired) electrons. The Morgan fingerprint density at radius 2 is 2.29 bits per heavy atom. The minimum absolute atomic E-state index is 0.149. The van der Waals surface area contributed by atoms with Gasteiger partial charge in [-0.25, -0.2) is 4.98 Å². The predicted molar refractivity (Wildman–Crippen MR) is 83.3 cm³/mol. The van der Waals surface area contributed by atoms with Gasteiger partial charge in [0.2, 0.25) is 0 Å². The Bertz CT molecular complexity index is 589. The number of imidazole rings is 1. The number of hydrogen-bond acceptors (Lipinski definition) is 4. The standard InChI is InChI=1S/C15H21N3O2S/c1-11(2)6-7-16-14(19)13-5-4-12(20-13)10-21-15-17-8-9-18(15)3/h4-5,8-9,11H,6-7,10H2,1-3H3,(H,16,19). The van der Waals surface area contributed by atoms with Gasteiger partial charge in [-0.3, -0.25) is 4.79 Å². The SMILES string of the molecule is CC(C)CCNC(=O)c1ccc(CSc2nccn2C)o1. The van der Waals surface area contributed by atoms with E-state index in [9.17, 15) is 4.79 Å². The van der Waals surface area contributed by atoms with Crippen LogP contribution in [-0.2, 0) is 12.8 Å². The summed E-state index contributed by atoms with van der Waals surface area (Å²) in [4.78, 5) is 16.1. The molecule has 2 aromatic heterocycles. The van der Waals surface area contributed by atoms with Crippen molar-refractivity contribution in [3.05, 3.63) is 36.0 Å². The summed E-state index contributed by atoms with van der Waals surface area (Å²) in [5.41, 5.74) is 0. The maximum atomic E-state index is 11.9. The van der Waals surface area contributed by atoms with Gasteiger partial charge >= 0.3 is 0 Å². The molecule has 2 rings (SSSR count). The van der Waals surface area contributed by atoms with Crippen molar-refractivity contribution >= 4 is 17.7 Å². The third-order valence-electron chi connectivity index (χ3n) is 3.01. The van der Waals surface area contributed by atoms with Crippen molar-refractivity contribution in [3.8, 4) is 0 Å². The van der Waals surface area contributed by atoms with E-state index in [-0.39, 0.29) is 5.91 Å². The van der Waals surface area contributed by atoms with Crippen LogP contribution in [0.15, 0.2) is 34.1 Å². The molecule has 0 fully saturated rings. The zero-order valence-corrected chi connectivity index (χ0v) is 13.4. The Labute approximate surface area is 129 Å². The molecule has 2 aromatic rings. The lowest BCUT2D eigenvalue weighted by molar-refractivity contribution is 0.0923. The topological polar surface area (TPSA) is 60.1 Å². The van der Waals surface area contributed by atoms with E-state index in [4.69, 9.17) is 4.42 Å². The molecular formula is C15H21N3O2S. The average Bonchev–Trinajstić information content (AvgIpc) is 3.05. The number of aryl methyl sites for hydroxylation is 1. The summed E-state index contributed by atoms with van der Waals surface area (Å²) < 4.78 is 7.52. The highest BCUT2D eigenvalue weighted by Crippen LogP contribution is 2.21. The van der Waals surface area contributed by atoms with Crippen LogP contribution in [-0.4, -0.2) is 22.0 Å². The van der Waals surface area contributed by atoms with Crippen molar-refractivity contribution < 1.29 is 9.21 Å². The van der Waals surface area contributed by atoms with E-state index in [2.05, 4.69) is 24.1 Å². The Balaban J connectivity index is 1.83. The Morgan fingerprint density at radius 3 is 2.95 bits per heavy atom.